The number of aliphatic carboxylic acids is 1. The van der Waals surface area contributed by atoms with Gasteiger partial charge < -0.3 is 14.7 Å². The third-order valence-corrected chi connectivity index (χ3v) is 4.25. The summed E-state index contributed by atoms with van der Waals surface area (Å²) in [7, 11) is 0. The predicted molar refractivity (Wildman–Crippen MR) is 78.8 cm³/mol. The molecule has 2 fully saturated rings. The van der Waals surface area contributed by atoms with Crippen LogP contribution in [0.15, 0.2) is 18.3 Å². The quantitative estimate of drug-likeness (QED) is 0.897. The third kappa shape index (κ3) is 3.28. The fourth-order valence-electron chi connectivity index (χ4n) is 3.08. The fraction of sp³-hybridized carbons (Fsp3) is 0.571. The van der Waals surface area contributed by atoms with Gasteiger partial charge in [-0.15, -0.1) is 0 Å². The highest BCUT2D eigenvalue weighted by molar-refractivity contribution is 6.32. The first-order valence-electron chi connectivity index (χ1n) is 7.02. The van der Waals surface area contributed by atoms with Crippen LogP contribution >= 0.6 is 11.6 Å². The molecule has 2 atom stereocenters. The molecule has 6 nitrogen and oxygen atoms in total. The normalized spacial score (nSPS) is 26.4. The molecule has 0 saturated carbocycles. The lowest BCUT2D eigenvalue weighted by Gasteiger charge is -2.31. The Morgan fingerprint density at radius 1 is 1.43 bits per heavy atom. The zero-order valence-corrected chi connectivity index (χ0v) is 12.4. The van der Waals surface area contributed by atoms with Gasteiger partial charge in [-0.2, -0.15) is 0 Å². The van der Waals surface area contributed by atoms with Crippen LogP contribution in [-0.2, 0) is 9.53 Å². The van der Waals surface area contributed by atoms with Crippen molar-refractivity contribution in [1.29, 1.82) is 0 Å². The summed E-state index contributed by atoms with van der Waals surface area (Å²) in [6, 6.07) is 3.69. The molecule has 21 heavy (non-hydrogen) atoms. The van der Waals surface area contributed by atoms with E-state index in [-0.39, 0.29) is 18.5 Å². The summed E-state index contributed by atoms with van der Waals surface area (Å²) in [5.74, 6) is 0.230. The van der Waals surface area contributed by atoms with Crippen molar-refractivity contribution in [3.8, 4) is 0 Å². The molecule has 7 heteroatoms. The smallest absolute Gasteiger partial charge is 0.317 e. The van der Waals surface area contributed by atoms with Crippen LogP contribution in [0.3, 0.4) is 0 Å². The molecule has 0 unspecified atom stereocenters. The number of aromatic nitrogens is 1. The van der Waals surface area contributed by atoms with Gasteiger partial charge in [0.15, 0.2) is 0 Å². The molecular weight excluding hydrogens is 294 g/mol. The Balaban J connectivity index is 1.84. The maximum Gasteiger partial charge on any atom is 0.317 e. The highest BCUT2D eigenvalue weighted by atomic mass is 35.5. The number of ether oxygens (including phenoxy) is 1. The van der Waals surface area contributed by atoms with E-state index in [2.05, 4.69) is 9.88 Å². The molecule has 0 aromatic carbocycles. The van der Waals surface area contributed by atoms with Crippen molar-refractivity contribution in [1.82, 2.24) is 9.88 Å². The Kier molecular flexibility index (Phi) is 4.28. The molecule has 2 saturated heterocycles. The molecule has 0 spiro atoms. The second-order valence-corrected chi connectivity index (χ2v) is 6.00. The first-order valence-corrected chi connectivity index (χ1v) is 7.40. The first-order chi connectivity index (χ1) is 10.1. The Morgan fingerprint density at radius 3 is 3.05 bits per heavy atom. The number of anilines is 1. The van der Waals surface area contributed by atoms with Gasteiger partial charge in [-0.1, -0.05) is 11.6 Å². The van der Waals surface area contributed by atoms with Crippen LogP contribution in [0.25, 0.3) is 0 Å². The fourth-order valence-corrected chi connectivity index (χ4v) is 3.32. The highest BCUT2D eigenvalue weighted by Crippen LogP contribution is 2.27. The van der Waals surface area contributed by atoms with Crippen molar-refractivity contribution in [2.45, 2.75) is 6.04 Å². The molecule has 1 aromatic rings. The Morgan fingerprint density at radius 2 is 2.29 bits per heavy atom. The van der Waals surface area contributed by atoms with Gasteiger partial charge in [-0.3, -0.25) is 9.69 Å². The van der Waals surface area contributed by atoms with E-state index >= 15 is 0 Å². The summed E-state index contributed by atoms with van der Waals surface area (Å²) in [6.45, 7) is 3.44. The van der Waals surface area contributed by atoms with Crippen molar-refractivity contribution >= 4 is 23.4 Å². The molecule has 1 aromatic heterocycles. The number of hydrogen-bond acceptors (Lipinski definition) is 5. The lowest BCUT2D eigenvalue weighted by atomic mass is 10.1. The number of nitrogens with zero attached hydrogens (tertiary/aromatic N) is 3. The van der Waals surface area contributed by atoms with Crippen molar-refractivity contribution in [3.05, 3.63) is 23.4 Å². The second-order valence-electron chi connectivity index (χ2n) is 5.59. The third-order valence-electron chi connectivity index (χ3n) is 3.96. The van der Waals surface area contributed by atoms with Crippen LogP contribution in [0.1, 0.15) is 0 Å². The Bertz CT molecular complexity index is 528. The zero-order valence-electron chi connectivity index (χ0n) is 11.6. The van der Waals surface area contributed by atoms with E-state index in [4.69, 9.17) is 21.4 Å². The first kappa shape index (κ1) is 14.6. The molecule has 3 heterocycles. The number of fused-ring (bicyclic) bond motifs is 3. The molecule has 0 amide bonds. The second kappa shape index (κ2) is 6.17. The van der Waals surface area contributed by atoms with Crippen LogP contribution in [0.4, 0.5) is 5.82 Å². The van der Waals surface area contributed by atoms with Crippen LogP contribution in [0, 0.1) is 5.92 Å². The minimum Gasteiger partial charge on any atom is -0.480 e. The van der Waals surface area contributed by atoms with Crippen molar-refractivity contribution in [3.63, 3.8) is 0 Å². The summed E-state index contributed by atoms with van der Waals surface area (Å²) in [6.07, 6.45) is 1.73. The van der Waals surface area contributed by atoms with Crippen LogP contribution in [0.2, 0.25) is 5.02 Å². The number of carboxylic acid groups (broad SMARTS) is 1. The standard InChI is InChI=1S/C14H18ClN3O3/c15-12-2-1-3-16-14(12)18-5-10-4-17(7-13(19)20)11(6-18)9-21-8-10/h1-3,10-11H,4-9H2,(H,19,20)/t10-,11+/m1/s1. The molecule has 0 radical (unpaired) electrons. The van der Waals surface area contributed by atoms with Gasteiger partial charge in [0.1, 0.15) is 5.82 Å². The Hall–Kier alpha value is -1.37. The summed E-state index contributed by atoms with van der Waals surface area (Å²) in [5, 5.41) is 9.70. The van der Waals surface area contributed by atoms with Crippen molar-refractivity contribution in [2.75, 3.05) is 44.3 Å². The number of carbonyl (C=O) groups is 1. The lowest BCUT2D eigenvalue weighted by Crippen LogP contribution is -2.46. The van der Waals surface area contributed by atoms with Crippen molar-refractivity contribution < 1.29 is 14.6 Å². The van der Waals surface area contributed by atoms with E-state index in [0.717, 1.165) is 18.9 Å². The molecule has 0 aliphatic carbocycles. The Labute approximate surface area is 128 Å². The summed E-state index contributed by atoms with van der Waals surface area (Å²) in [4.78, 5) is 19.6. The molecule has 1 N–H and O–H groups in total. The number of pyridine rings is 1. The number of halogens is 1. The van der Waals surface area contributed by atoms with Crippen LogP contribution in [0.5, 0.6) is 0 Å². The van der Waals surface area contributed by atoms with Gasteiger partial charge in [-0.25, -0.2) is 4.98 Å². The largest absolute Gasteiger partial charge is 0.480 e. The average molecular weight is 312 g/mol. The van der Waals surface area contributed by atoms with Crippen LogP contribution < -0.4 is 4.90 Å². The minimum absolute atomic E-state index is 0.0478. The minimum atomic E-state index is -0.801. The maximum atomic E-state index is 11.0. The van der Waals surface area contributed by atoms with Gasteiger partial charge in [0.05, 0.1) is 30.8 Å². The van der Waals surface area contributed by atoms with E-state index in [1.807, 2.05) is 17.0 Å². The van der Waals surface area contributed by atoms with Gasteiger partial charge >= 0.3 is 5.97 Å². The maximum absolute atomic E-state index is 11.0. The van der Waals surface area contributed by atoms with E-state index in [9.17, 15) is 4.79 Å². The molecule has 2 aliphatic heterocycles. The SMILES string of the molecule is O=C(O)CN1C[C@H]2COC[C@@H]1CN(c1ncccc1Cl)C2. The van der Waals surface area contributed by atoms with Crippen LogP contribution in [-0.4, -0.2) is 66.4 Å². The summed E-state index contributed by atoms with van der Waals surface area (Å²) >= 11 is 6.25. The van der Waals surface area contributed by atoms with Gasteiger partial charge in [0.25, 0.3) is 0 Å². The summed E-state index contributed by atoms with van der Waals surface area (Å²) < 4.78 is 5.67. The molecule has 2 bridgehead atoms. The van der Waals surface area contributed by atoms with Crippen molar-refractivity contribution in [2.24, 2.45) is 5.92 Å². The predicted octanol–water partition coefficient (Wildman–Crippen LogP) is 0.957. The monoisotopic (exact) mass is 311 g/mol. The van der Waals surface area contributed by atoms with E-state index in [1.165, 1.54) is 0 Å². The summed E-state index contributed by atoms with van der Waals surface area (Å²) in [5.41, 5.74) is 0. The van der Waals surface area contributed by atoms with E-state index in [0.29, 0.717) is 24.8 Å². The van der Waals surface area contributed by atoms with Gasteiger partial charge in [0, 0.05) is 31.7 Å². The lowest BCUT2D eigenvalue weighted by molar-refractivity contribution is -0.138. The topological polar surface area (TPSA) is 65.9 Å². The van der Waals surface area contributed by atoms with E-state index < -0.39 is 5.97 Å². The highest BCUT2D eigenvalue weighted by Gasteiger charge is 2.35. The molecule has 3 rings (SSSR count). The number of carboxylic acids is 1. The molecule has 114 valence electrons. The van der Waals surface area contributed by atoms with Gasteiger partial charge in [-0.05, 0) is 12.1 Å². The molecular formula is C14H18ClN3O3. The van der Waals surface area contributed by atoms with E-state index in [1.54, 1.807) is 6.20 Å². The average Bonchev–Trinajstić information content (AvgIpc) is 2.68. The van der Waals surface area contributed by atoms with Gasteiger partial charge in [0.2, 0.25) is 0 Å². The molecule has 2 aliphatic rings. The number of hydrogen-bond donors (Lipinski definition) is 1. The number of rotatable bonds is 3. The zero-order chi connectivity index (χ0) is 14.8.